The van der Waals surface area contributed by atoms with Gasteiger partial charge in [-0.1, -0.05) is 6.92 Å². The highest BCUT2D eigenvalue weighted by Crippen LogP contribution is 2.23. The first-order valence-corrected chi connectivity index (χ1v) is 6.23. The zero-order valence-corrected chi connectivity index (χ0v) is 10.5. The van der Waals surface area contributed by atoms with Crippen molar-refractivity contribution < 1.29 is 4.79 Å². The molecule has 2 N–H and O–H groups in total. The molecule has 5 heteroatoms. The van der Waals surface area contributed by atoms with Crippen molar-refractivity contribution in [2.75, 3.05) is 12.3 Å². The smallest absolute Gasteiger partial charge is 0.259 e. The summed E-state index contributed by atoms with van der Waals surface area (Å²) >= 11 is 0. The topological polar surface area (TPSA) is 64.2 Å². The van der Waals surface area contributed by atoms with Crippen molar-refractivity contribution in [3.63, 3.8) is 0 Å². The first-order valence-electron chi connectivity index (χ1n) is 6.23. The number of likely N-dealkylation sites (tertiary alicyclic amines) is 1. The van der Waals surface area contributed by atoms with Gasteiger partial charge in [0.05, 0.1) is 6.20 Å². The normalized spacial score (nSPS) is 20.6. The van der Waals surface area contributed by atoms with Crippen molar-refractivity contribution in [2.24, 2.45) is 7.05 Å². The summed E-state index contributed by atoms with van der Waals surface area (Å²) in [5.41, 5.74) is 6.39. The molecule has 0 radical (unpaired) electrons. The van der Waals surface area contributed by atoms with Gasteiger partial charge in [0, 0.05) is 19.6 Å². The second kappa shape index (κ2) is 4.77. The molecular formula is C12H20N4O. The zero-order valence-electron chi connectivity index (χ0n) is 10.5. The van der Waals surface area contributed by atoms with E-state index in [0.717, 1.165) is 25.8 Å². The Morgan fingerprint density at radius 3 is 2.94 bits per heavy atom. The summed E-state index contributed by atoms with van der Waals surface area (Å²) in [6.07, 6.45) is 5.97. The predicted octanol–water partition coefficient (Wildman–Crippen LogP) is 1.41. The van der Waals surface area contributed by atoms with Gasteiger partial charge in [-0.3, -0.25) is 9.48 Å². The van der Waals surface area contributed by atoms with E-state index in [1.54, 1.807) is 13.2 Å². The van der Waals surface area contributed by atoms with Gasteiger partial charge in [-0.05, 0) is 25.7 Å². The first-order chi connectivity index (χ1) is 8.15. The molecule has 17 heavy (non-hydrogen) atoms. The number of rotatable bonds is 2. The van der Waals surface area contributed by atoms with Crippen LogP contribution in [0, 0.1) is 0 Å². The SMILES string of the molecule is CCC1CCCCN1C(=O)c1cnn(C)c1N. The van der Waals surface area contributed by atoms with Crippen LogP contribution >= 0.6 is 0 Å². The van der Waals surface area contributed by atoms with Crippen LogP contribution in [-0.4, -0.2) is 33.2 Å². The van der Waals surface area contributed by atoms with Crippen molar-refractivity contribution in [3.8, 4) is 0 Å². The predicted molar refractivity (Wildman–Crippen MR) is 66.6 cm³/mol. The van der Waals surface area contributed by atoms with Crippen LogP contribution < -0.4 is 5.73 Å². The van der Waals surface area contributed by atoms with Crippen LogP contribution in [0.25, 0.3) is 0 Å². The van der Waals surface area contributed by atoms with Crippen molar-refractivity contribution in [1.82, 2.24) is 14.7 Å². The lowest BCUT2D eigenvalue weighted by Crippen LogP contribution is -2.43. The number of amides is 1. The summed E-state index contributed by atoms with van der Waals surface area (Å²) in [7, 11) is 1.75. The number of hydrogen-bond donors (Lipinski definition) is 1. The molecule has 1 fully saturated rings. The van der Waals surface area contributed by atoms with E-state index >= 15 is 0 Å². The zero-order chi connectivity index (χ0) is 12.4. The summed E-state index contributed by atoms with van der Waals surface area (Å²) in [5.74, 6) is 0.484. The van der Waals surface area contributed by atoms with E-state index in [4.69, 9.17) is 5.73 Å². The summed E-state index contributed by atoms with van der Waals surface area (Å²) in [5, 5.41) is 4.03. The number of anilines is 1. The van der Waals surface area contributed by atoms with Gasteiger partial charge in [-0.15, -0.1) is 0 Å². The van der Waals surface area contributed by atoms with Crippen LogP contribution in [0.2, 0.25) is 0 Å². The van der Waals surface area contributed by atoms with Crippen LogP contribution in [0.5, 0.6) is 0 Å². The van der Waals surface area contributed by atoms with Gasteiger partial charge in [0.2, 0.25) is 0 Å². The van der Waals surface area contributed by atoms with Gasteiger partial charge < -0.3 is 10.6 Å². The van der Waals surface area contributed by atoms with Crippen LogP contribution in [0.15, 0.2) is 6.20 Å². The van der Waals surface area contributed by atoms with Gasteiger partial charge in [0.15, 0.2) is 0 Å². The van der Waals surface area contributed by atoms with Crippen molar-refractivity contribution in [3.05, 3.63) is 11.8 Å². The Morgan fingerprint density at radius 1 is 1.59 bits per heavy atom. The summed E-state index contributed by atoms with van der Waals surface area (Å²) < 4.78 is 1.54. The molecule has 1 amide bonds. The van der Waals surface area contributed by atoms with Crippen LogP contribution in [-0.2, 0) is 7.05 Å². The van der Waals surface area contributed by atoms with Crippen LogP contribution in [0.1, 0.15) is 43.0 Å². The Morgan fingerprint density at radius 2 is 2.35 bits per heavy atom. The molecule has 0 aliphatic carbocycles. The Balaban J connectivity index is 2.21. The third-order valence-electron chi connectivity index (χ3n) is 3.57. The highest BCUT2D eigenvalue weighted by atomic mass is 16.2. The Labute approximate surface area is 102 Å². The number of nitrogens with zero attached hydrogens (tertiary/aromatic N) is 3. The van der Waals surface area contributed by atoms with Gasteiger partial charge >= 0.3 is 0 Å². The third kappa shape index (κ3) is 2.14. The molecule has 1 aromatic heterocycles. The summed E-state index contributed by atoms with van der Waals surface area (Å²) in [6, 6.07) is 0.357. The fraction of sp³-hybridized carbons (Fsp3) is 0.667. The monoisotopic (exact) mass is 236 g/mol. The number of carbonyl (C=O) groups is 1. The molecule has 0 saturated carbocycles. The largest absolute Gasteiger partial charge is 0.383 e. The standard InChI is InChI=1S/C12H20N4O/c1-3-9-6-4-5-7-16(9)12(17)10-8-14-15(2)11(10)13/h8-9H,3-7,13H2,1-2H3. The second-order valence-corrected chi connectivity index (χ2v) is 4.62. The molecule has 2 heterocycles. The molecule has 5 nitrogen and oxygen atoms in total. The molecule has 2 rings (SSSR count). The van der Waals surface area contributed by atoms with E-state index in [0.29, 0.717) is 17.4 Å². The fourth-order valence-corrected chi connectivity index (χ4v) is 2.46. The average Bonchev–Trinajstić information content (AvgIpc) is 2.69. The molecule has 0 bridgehead atoms. The Kier molecular flexibility index (Phi) is 3.36. The molecule has 1 aliphatic heterocycles. The van der Waals surface area contributed by atoms with Crippen LogP contribution in [0.4, 0.5) is 5.82 Å². The van der Waals surface area contributed by atoms with Crippen molar-refractivity contribution in [1.29, 1.82) is 0 Å². The molecule has 1 aliphatic rings. The van der Waals surface area contributed by atoms with Crippen molar-refractivity contribution in [2.45, 2.75) is 38.6 Å². The Hall–Kier alpha value is -1.52. The summed E-state index contributed by atoms with van der Waals surface area (Å²) in [6.45, 7) is 2.97. The summed E-state index contributed by atoms with van der Waals surface area (Å²) in [4.78, 5) is 14.4. The highest BCUT2D eigenvalue weighted by Gasteiger charge is 2.28. The second-order valence-electron chi connectivity index (χ2n) is 4.62. The van der Waals surface area contributed by atoms with Gasteiger partial charge in [0.1, 0.15) is 11.4 Å². The Bertz CT molecular complexity index is 413. The van der Waals surface area contributed by atoms with E-state index in [1.807, 2.05) is 4.90 Å². The molecule has 1 unspecified atom stereocenters. The maximum atomic E-state index is 12.4. The number of aryl methyl sites for hydroxylation is 1. The number of carbonyl (C=O) groups excluding carboxylic acids is 1. The van der Waals surface area contributed by atoms with E-state index in [2.05, 4.69) is 12.0 Å². The maximum absolute atomic E-state index is 12.4. The van der Waals surface area contributed by atoms with Crippen LogP contribution in [0.3, 0.4) is 0 Å². The molecule has 94 valence electrons. The number of aromatic nitrogens is 2. The third-order valence-corrected chi connectivity index (χ3v) is 3.57. The fourth-order valence-electron chi connectivity index (χ4n) is 2.46. The molecule has 1 aromatic rings. The minimum absolute atomic E-state index is 0.0298. The van der Waals surface area contributed by atoms with Crippen molar-refractivity contribution >= 4 is 11.7 Å². The van der Waals surface area contributed by atoms with Gasteiger partial charge in [-0.2, -0.15) is 5.10 Å². The lowest BCUT2D eigenvalue weighted by atomic mass is 9.99. The van der Waals surface area contributed by atoms with E-state index in [1.165, 1.54) is 11.1 Å². The van der Waals surface area contributed by atoms with Gasteiger partial charge in [0.25, 0.3) is 5.91 Å². The highest BCUT2D eigenvalue weighted by molar-refractivity contribution is 5.98. The van der Waals surface area contributed by atoms with E-state index < -0.39 is 0 Å². The van der Waals surface area contributed by atoms with E-state index in [9.17, 15) is 4.79 Å². The number of hydrogen-bond acceptors (Lipinski definition) is 3. The number of nitrogens with two attached hydrogens (primary N) is 1. The molecule has 0 spiro atoms. The number of piperidine rings is 1. The molecule has 1 saturated heterocycles. The minimum atomic E-state index is 0.0298. The molecule has 0 aromatic carbocycles. The van der Waals surface area contributed by atoms with E-state index in [-0.39, 0.29) is 5.91 Å². The first kappa shape index (κ1) is 12.0. The maximum Gasteiger partial charge on any atom is 0.259 e. The quantitative estimate of drug-likeness (QED) is 0.844. The lowest BCUT2D eigenvalue weighted by molar-refractivity contribution is 0.0609. The molecule has 1 atom stereocenters. The molecular weight excluding hydrogens is 216 g/mol. The average molecular weight is 236 g/mol. The van der Waals surface area contributed by atoms with Gasteiger partial charge in [-0.25, -0.2) is 0 Å². The number of nitrogen functional groups attached to an aromatic ring is 1. The minimum Gasteiger partial charge on any atom is -0.383 e. The lowest BCUT2D eigenvalue weighted by Gasteiger charge is -2.35.